The molecule has 4 aromatic rings. The minimum Gasteiger partial charge on any atom is -0.383 e. The summed E-state index contributed by atoms with van der Waals surface area (Å²) >= 11 is 12.3. The number of benzene rings is 2. The molecular formula is C19H15Cl2N5O2S. The second-order valence-electron chi connectivity index (χ2n) is 6.21. The fourth-order valence-electron chi connectivity index (χ4n) is 2.91. The summed E-state index contributed by atoms with van der Waals surface area (Å²) in [7, 11) is -3.72. The van der Waals surface area contributed by atoms with Crippen molar-refractivity contribution in [3.05, 3.63) is 71.5 Å². The zero-order valence-electron chi connectivity index (χ0n) is 14.9. The largest absolute Gasteiger partial charge is 0.383 e. The molecule has 0 aliphatic rings. The molecule has 29 heavy (non-hydrogen) atoms. The first-order valence-electron chi connectivity index (χ1n) is 8.45. The van der Waals surface area contributed by atoms with Gasteiger partial charge in [0.05, 0.1) is 27.7 Å². The number of sulfonamides is 1. The Morgan fingerprint density at radius 1 is 1.07 bits per heavy atom. The Bertz CT molecular complexity index is 1310. The number of halogens is 2. The number of nitrogen functional groups attached to an aromatic ring is 1. The number of anilines is 2. The van der Waals surface area contributed by atoms with Gasteiger partial charge < -0.3 is 5.73 Å². The van der Waals surface area contributed by atoms with Gasteiger partial charge in [-0.3, -0.25) is 4.72 Å². The summed E-state index contributed by atoms with van der Waals surface area (Å²) in [5.41, 5.74) is 9.10. The van der Waals surface area contributed by atoms with Gasteiger partial charge in [-0.15, -0.1) is 11.6 Å². The van der Waals surface area contributed by atoms with E-state index in [0.717, 1.165) is 5.56 Å². The number of nitrogens with one attached hydrogen (secondary N) is 1. The summed E-state index contributed by atoms with van der Waals surface area (Å²) in [4.78, 5) is 4.54. The Balaban J connectivity index is 1.69. The molecule has 0 unspecified atom stereocenters. The standard InChI is InChI=1S/C19H15Cl2N5O2S/c20-9-12-10-24-26-18(22)16(11-23-19(12)26)15-7-6-13(8-17(15)21)25-29(27,28)14-4-2-1-3-5-14/h1-8,10-11,25H,9,22H2. The summed E-state index contributed by atoms with van der Waals surface area (Å²) in [5, 5.41) is 4.53. The predicted molar refractivity (Wildman–Crippen MR) is 115 cm³/mol. The van der Waals surface area contributed by atoms with Crippen molar-refractivity contribution in [2.45, 2.75) is 10.8 Å². The third kappa shape index (κ3) is 3.62. The highest BCUT2D eigenvalue weighted by atomic mass is 35.5. The fraction of sp³-hybridized carbons (Fsp3) is 0.0526. The SMILES string of the molecule is Nc1c(-c2ccc(NS(=O)(=O)c3ccccc3)cc2Cl)cnc2c(CCl)cnn12. The molecule has 0 aliphatic heterocycles. The molecule has 0 aliphatic carbocycles. The van der Waals surface area contributed by atoms with Gasteiger partial charge in [-0.05, 0) is 24.3 Å². The van der Waals surface area contributed by atoms with E-state index < -0.39 is 10.0 Å². The summed E-state index contributed by atoms with van der Waals surface area (Å²) in [6.07, 6.45) is 3.20. The Labute approximate surface area is 177 Å². The van der Waals surface area contributed by atoms with Crippen LogP contribution in [0.4, 0.5) is 11.5 Å². The maximum absolute atomic E-state index is 12.5. The maximum atomic E-state index is 12.5. The van der Waals surface area contributed by atoms with Crippen LogP contribution >= 0.6 is 23.2 Å². The highest BCUT2D eigenvalue weighted by Gasteiger charge is 2.17. The highest BCUT2D eigenvalue weighted by Crippen LogP contribution is 2.34. The normalized spacial score (nSPS) is 11.7. The van der Waals surface area contributed by atoms with Crippen LogP contribution in [0.2, 0.25) is 5.02 Å². The van der Waals surface area contributed by atoms with Gasteiger partial charge >= 0.3 is 0 Å². The molecule has 7 nitrogen and oxygen atoms in total. The minimum absolute atomic E-state index is 0.160. The molecule has 0 amide bonds. The first-order valence-corrected chi connectivity index (χ1v) is 10.8. The van der Waals surface area contributed by atoms with Crippen molar-refractivity contribution in [3.63, 3.8) is 0 Å². The molecule has 4 rings (SSSR count). The van der Waals surface area contributed by atoms with Crippen LogP contribution in [-0.4, -0.2) is 23.0 Å². The van der Waals surface area contributed by atoms with Crippen LogP contribution in [0, 0.1) is 0 Å². The maximum Gasteiger partial charge on any atom is 0.261 e. The Hall–Kier alpha value is -2.81. The molecule has 0 spiro atoms. The van der Waals surface area contributed by atoms with Crippen molar-refractivity contribution in [1.29, 1.82) is 0 Å². The molecule has 0 radical (unpaired) electrons. The number of nitrogens with zero attached hydrogens (tertiary/aromatic N) is 3. The van der Waals surface area contributed by atoms with Gasteiger partial charge in [0.15, 0.2) is 5.65 Å². The first-order chi connectivity index (χ1) is 13.9. The van der Waals surface area contributed by atoms with Crippen molar-refractivity contribution < 1.29 is 8.42 Å². The average molecular weight is 448 g/mol. The molecule has 0 fully saturated rings. The van der Waals surface area contributed by atoms with E-state index in [1.165, 1.54) is 22.7 Å². The van der Waals surface area contributed by atoms with Gasteiger partial charge in [0.1, 0.15) is 5.82 Å². The lowest BCUT2D eigenvalue weighted by molar-refractivity contribution is 0.601. The van der Waals surface area contributed by atoms with Gasteiger partial charge in [0, 0.05) is 22.9 Å². The van der Waals surface area contributed by atoms with E-state index in [1.807, 2.05) is 0 Å². The zero-order valence-corrected chi connectivity index (χ0v) is 17.2. The summed E-state index contributed by atoms with van der Waals surface area (Å²) in [6.45, 7) is 0. The summed E-state index contributed by atoms with van der Waals surface area (Å²) < 4.78 is 29.0. The van der Waals surface area contributed by atoms with E-state index in [4.69, 9.17) is 28.9 Å². The number of rotatable bonds is 5. The number of fused-ring (bicyclic) bond motifs is 1. The van der Waals surface area contributed by atoms with Crippen LogP contribution in [0.25, 0.3) is 16.8 Å². The van der Waals surface area contributed by atoms with Gasteiger partial charge in [-0.2, -0.15) is 9.61 Å². The summed E-state index contributed by atoms with van der Waals surface area (Å²) in [6, 6.07) is 12.9. The second-order valence-corrected chi connectivity index (χ2v) is 8.57. The summed E-state index contributed by atoms with van der Waals surface area (Å²) in [5.74, 6) is 0.623. The molecule has 10 heteroatoms. The molecule has 148 valence electrons. The first kappa shape index (κ1) is 19.5. The fourth-order valence-corrected chi connectivity index (χ4v) is 4.45. The van der Waals surface area contributed by atoms with Crippen LogP contribution < -0.4 is 10.5 Å². The van der Waals surface area contributed by atoms with E-state index in [-0.39, 0.29) is 10.8 Å². The number of hydrogen-bond donors (Lipinski definition) is 2. The monoisotopic (exact) mass is 447 g/mol. The van der Waals surface area contributed by atoms with Crippen molar-refractivity contribution in [3.8, 4) is 11.1 Å². The third-order valence-electron chi connectivity index (χ3n) is 4.35. The molecular weight excluding hydrogens is 433 g/mol. The molecule has 2 aromatic carbocycles. The topological polar surface area (TPSA) is 102 Å². The number of alkyl halides is 1. The third-order valence-corrected chi connectivity index (χ3v) is 6.34. The Morgan fingerprint density at radius 3 is 2.52 bits per heavy atom. The van der Waals surface area contributed by atoms with Gasteiger partial charge in [0.2, 0.25) is 0 Å². The number of nitrogens with two attached hydrogens (primary N) is 1. The van der Waals surface area contributed by atoms with E-state index >= 15 is 0 Å². The van der Waals surface area contributed by atoms with E-state index in [1.54, 1.807) is 42.7 Å². The van der Waals surface area contributed by atoms with Gasteiger partial charge in [0.25, 0.3) is 10.0 Å². The Morgan fingerprint density at radius 2 is 1.83 bits per heavy atom. The lowest BCUT2D eigenvalue weighted by Gasteiger charge is -2.12. The van der Waals surface area contributed by atoms with E-state index in [2.05, 4.69) is 14.8 Å². The molecule has 0 bridgehead atoms. The molecule has 0 atom stereocenters. The van der Waals surface area contributed by atoms with E-state index in [0.29, 0.717) is 33.3 Å². The van der Waals surface area contributed by atoms with E-state index in [9.17, 15) is 8.42 Å². The molecule has 2 heterocycles. The smallest absolute Gasteiger partial charge is 0.261 e. The zero-order chi connectivity index (χ0) is 20.6. The predicted octanol–water partition coefficient (Wildman–Crippen LogP) is 4.17. The van der Waals surface area contributed by atoms with Crippen molar-refractivity contribution >= 4 is 50.4 Å². The van der Waals surface area contributed by atoms with Crippen LogP contribution in [0.3, 0.4) is 0 Å². The molecule has 0 saturated carbocycles. The minimum atomic E-state index is -3.72. The average Bonchev–Trinajstić information content (AvgIpc) is 3.13. The molecule has 3 N–H and O–H groups in total. The van der Waals surface area contributed by atoms with Crippen LogP contribution in [0.5, 0.6) is 0 Å². The lowest BCUT2D eigenvalue weighted by Crippen LogP contribution is -2.12. The van der Waals surface area contributed by atoms with Crippen LogP contribution in [0.1, 0.15) is 5.56 Å². The Kier molecular flexibility index (Phi) is 5.08. The molecule has 2 aromatic heterocycles. The molecule has 0 saturated heterocycles. The van der Waals surface area contributed by atoms with Crippen molar-refractivity contribution in [1.82, 2.24) is 14.6 Å². The van der Waals surface area contributed by atoms with Crippen LogP contribution in [0.15, 0.2) is 65.8 Å². The van der Waals surface area contributed by atoms with Gasteiger partial charge in [-0.1, -0.05) is 35.9 Å². The number of aromatic nitrogens is 3. The highest BCUT2D eigenvalue weighted by molar-refractivity contribution is 7.92. The van der Waals surface area contributed by atoms with Crippen molar-refractivity contribution in [2.75, 3.05) is 10.5 Å². The number of hydrogen-bond acceptors (Lipinski definition) is 5. The lowest BCUT2D eigenvalue weighted by atomic mass is 10.1. The quantitative estimate of drug-likeness (QED) is 0.446. The van der Waals surface area contributed by atoms with Gasteiger partial charge in [-0.25, -0.2) is 13.4 Å². The van der Waals surface area contributed by atoms with Crippen molar-refractivity contribution in [2.24, 2.45) is 0 Å². The second kappa shape index (κ2) is 7.55. The van der Waals surface area contributed by atoms with Crippen LogP contribution in [-0.2, 0) is 15.9 Å².